The van der Waals surface area contributed by atoms with E-state index in [-0.39, 0.29) is 0 Å². The summed E-state index contributed by atoms with van der Waals surface area (Å²) >= 11 is 6.62. The van der Waals surface area contributed by atoms with Crippen molar-refractivity contribution in [1.82, 2.24) is 0 Å². The molecular formula is C17H15Cl. The van der Waals surface area contributed by atoms with Crippen LogP contribution in [0.4, 0.5) is 0 Å². The van der Waals surface area contributed by atoms with E-state index in [9.17, 15) is 0 Å². The van der Waals surface area contributed by atoms with E-state index in [1.54, 1.807) is 0 Å². The number of benzene rings is 2. The van der Waals surface area contributed by atoms with Crippen molar-refractivity contribution in [3.8, 4) is 0 Å². The second-order valence-corrected chi connectivity index (χ2v) is 5.04. The molecule has 1 unspecified atom stereocenters. The molecule has 18 heavy (non-hydrogen) atoms. The van der Waals surface area contributed by atoms with E-state index in [1.807, 2.05) is 6.07 Å². The summed E-state index contributed by atoms with van der Waals surface area (Å²) in [5.41, 5.74) is 5.08. The molecule has 0 aliphatic heterocycles. The summed E-state index contributed by atoms with van der Waals surface area (Å²) in [6.07, 6.45) is 1.05. The molecule has 2 aromatic carbocycles. The quantitative estimate of drug-likeness (QED) is 0.692. The Kier molecular flexibility index (Phi) is 2.97. The smallest absolute Gasteiger partial charge is 0.0340 e. The molecule has 1 aliphatic rings. The number of hydrogen-bond donors (Lipinski definition) is 0. The van der Waals surface area contributed by atoms with E-state index in [1.165, 1.54) is 22.3 Å². The van der Waals surface area contributed by atoms with Crippen LogP contribution in [0.25, 0.3) is 5.57 Å². The molecule has 1 aliphatic carbocycles. The van der Waals surface area contributed by atoms with Crippen LogP contribution in [0.5, 0.6) is 0 Å². The first kappa shape index (κ1) is 11.6. The highest BCUT2D eigenvalue weighted by atomic mass is 35.5. The lowest BCUT2D eigenvalue weighted by Gasteiger charge is -2.08. The summed E-state index contributed by atoms with van der Waals surface area (Å²) in [5, 5.41) is 0.991. The first-order valence-corrected chi connectivity index (χ1v) is 6.75. The molecule has 3 rings (SSSR count). The summed E-state index contributed by atoms with van der Waals surface area (Å²) < 4.78 is 0. The van der Waals surface area contributed by atoms with Crippen LogP contribution < -0.4 is 0 Å². The van der Waals surface area contributed by atoms with E-state index in [4.69, 9.17) is 11.6 Å². The second kappa shape index (κ2) is 4.62. The van der Waals surface area contributed by atoms with Gasteiger partial charge in [-0.2, -0.15) is 0 Å². The lowest BCUT2D eigenvalue weighted by Crippen LogP contribution is -1.92. The summed E-state index contributed by atoms with van der Waals surface area (Å²) in [6.45, 7) is 2.19. The lowest BCUT2D eigenvalue weighted by molar-refractivity contribution is 0.806. The minimum absolute atomic E-state index is 0.359. The number of allylic oxidation sites excluding steroid dienone is 1. The van der Waals surface area contributed by atoms with Gasteiger partial charge in [0.15, 0.2) is 0 Å². The SMILES string of the molecule is CCC1C(Cl)=C(c2ccccc2)c2ccccc21. The molecule has 0 radical (unpaired) electrons. The zero-order valence-electron chi connectivity index (χ0n) is 10.4. The Balaban J connectivity index is 2.22. The van der Waals surface area contributed by atoms with E-state index in [2.05, 4.69) is 55.5 Å². The molecule has 0 aromatic heterocycles. The van der Waals surface area contributed by atoms with Crippen molar-refractivity contribution in [3.63, 3.8) is 0 Å². The summed E-state index contributed by atoms with van der Waals surface area (Å²) in [6, 6.07) is 19.0. The highest BCUT2D eigenvalue weighted by molar-refractivity contribution is 6.35. The number of fused-ring (bicyclic) bond motifs is 1. The molecule has 90 valence electrons. The Hall–Kier alpha value is -1.53. The van der Waals surface area contributed by atoms with Gasteiger partial charge >= 0.3 is 0 Å². The van der Waals surface area contributed by atoms with Crippen LogP contribution in [0.15, 0.2) is 59.6 Å². The van der Waals surface area contributed by atoms with Crippen LogP contribution in [0, 0.1) is 0 Å². The van der Waals surface area contributed by atoms with E-state index < -0.39 is 0 Å². The van der Waals surface area contributed by atoms with Gasteiger partial charge in [0, 0.05) is 16.5 Å². The second-order valence-electron chi connectivity index (χ2n) is 4.64. The maximum absolute atomic E-state index is 6.62. The zero-order chi connectivity index (χ0) is 12.5. The fraction of sp³-hybridized carbons (Fsp3) is 0.176. The summed E-state index contributed by atoms with van der Waals surface area (Å²) in [4.78, 5) is 0. The summed E-state index contributed by atoms with van der Waals surface area (Å²) in [7, 11) is 0. The lowest BCUT2D eigenvalue weighted by atomic mass is 9.97. The van der Waals surface area contributed by atoms with Gasteiger partial charge in [-0.15, -0.1) is 0 Å². The number of halogens is 1. The van der Waals surface area contributed by atoms with Gasteiger partial charge in [0.2, 0.25) is 0 Å². The van der Waals surface area contributed by atoms with Crippen LogP contribution in [-0.4, -0.2) is 0 Å². The van der Waals surface area contributed by atoms with Crippen LogP contribution in [0.2, 0.25) is 0 Å². The highest BCUT2D eigenvalue weighted by Crippen LogP contribution is 2.47. The zero-order valence-corrected chi connectivity index (χ0v) is 11.1. The monoisotopic (exact) mass is 254 g/mol. The van der Waals surface area contributed by atoms with Crippen LogP contribution in [-0.2, 0) is 0 Å². The van der Waals surface area contributed by atoms with Crippen molar-refractivity contribution in [2.75, 3.05) is 0 Å². The first-order chi connectivity index (χ1) is 8.83. The number of hydrogen-bond acceptors (Lipinski definition) is 0. The molecule has 0 heterocycles. The maximum Gasteiger partial charge on any atom is 0.0340 e. The van der Waals surface area contributed by atoms with Gasteiger partial charge in [0.05, 0.1) is 0 Å². The Morgan fingerprint density at radius 1 is 0.944 bits per heavy atom. The largest absolute Gasteiger partial charge is 0.0878 e. The Labute approximate surface area is 113 Å². The van der Waals surface area contributed by atoms with Gasteiger partial charge in [-0.3, -0.25) is 0 Å². The summed E-state index contributed by atoms with van der Waals surface area (Å²) in [5.74, 6) is 0.359. The minimum atomic E-state index is 0.359. The van der Waals surface area contributed by atoms with Crippen molar-refractivity contribution in [2.45, 2.75) is 19.3 Å². The third kappa shape index (κ3) is 1.69. The molecule has 0 saturated heterocycles. The predicted octanol–water partition coefficient (Wildman–Crippen LogP) is 5.19. The van der Waals surface area contributed by atoms with Gasteiger partial charge in [-0.25, -0.2) is 0 Å². The third-order valence-electron chi connectivity index (χ3n) is 3.62. The van der Waals surface area contributed by atoms with Gasteiger partial charge in [0.1, 0.15) is 0 Å². The molecule has 1 atom stereocenters. The molecule has 1 heteroatoms. The molecule has 0 nitrogen and oxygen atoms in total. The molecule has 0 amide bonds. The van der Waals surface area contributed by atoms with Gasteiger partial charge in [-0.05, 0) is 23.1 Å². The molecule has 0 N–H and O–H groups in total. The normalized spacial score (nSPS) is 18.0. The molecule has 0 spiro atoms. The van der Waals surface area contributed by atoms with Gasteiger partial charge < -0.3 is 0 Å². The first-order valence-electron chi connectivity index (χ1n) is 6.37. The molecular weight excluding hydrogens is 240 g/mol. The molecule has 0 bridgehead atoms. The fourth-order valence-electron chi connectivity index (χ4n) is 2.77. The van der Waals surface area contributed by atoms with Crippen LogP contribution in [0.1, 0.15) is 36.0 Å². The molecule has 0 fully saturated rings. The average Bonchev–Trinajstić information content (AvgIpc) is 2.71. The van der Waals surface area contributed by atoms with Gasteiger partial charge in [-0.1, -0.05) is 73.1 Å². The van der Waals surface area contributed by atoms with Gasteiger partial charge in [0.25, 0.3) is 0 Å². The molecule has 0 saturated carbocycles. The Morgan fingerprint density at radius 2 is 1.61 bits per heavy atom. The van der Waals surface area contributed by atoms with Crippen molar-refractivity contribution >= 4 is 17.2 Å². The molecule has 2 aromatic rings. The Morgan fingerprint density at radius 3 is 2.33 bits per heavy atom. The van der Waals surface area contributed by atoms with Crippen LogP contribution >= 0.6 is 11.6 Å². The third-order valence-corrected chi connectivity index (χ3v) is 4.07. The fourth-order valence-corrected chi connectivity index (χ4v) is 3.25. The van der Waals surface area contributed by atoms with Crippen molar-refractivity contribution < 1.29 is 0 Å². The topological polar surface area (TPSA) is 0 Å². The van der Waals surface area contributed by atoms with Crippen molar-refractivity contribution in [3.05, 3.63) is 76.3 Å². The van der Waals surface area contributed by atoms with Crippen molar-refractivity contribution in [2.24, 2.45) is 0 Å². The van der Waals surface area contributed by atoms with E-state index in [0.29, 0.717) is 5.92 Å². The highest BCUT2D eigenvalue weighted by Gasteiger charge is 2.29. The number of rotatable bonds is 2. The Bertz CT molecular complexity index is 596. The van der Waals surface area contributed by atoms with E-state index >= 15 is 0 Å². The van der Waals surface area contributed by atoms with E-state index in [0.717, 1.165) is 11.5 Å². The van der Waals surface area contributed by atoms with Crippen molar-refractivity contribution in [1.29, 1.82) is 0 Å². The average molecular weight is 255 g/mol. The van der Waals surface area contributed by atoms with Crippen LogP contribution in [0.3, 0.4) is 0 Å². The maximum atomic E-state index is 6.62. The minimum Gasteiger partial charge on any atom is -0.0878 e. The standard InChI is InChI=1S/C17H15Cl/c1-2-13-14-10-6-7-11-15(14)16(17(13)18)12-8-4-3-5-9-12/h3-11,13H,2H2,1H3. The predicted molar refractivity (Wildman–Crippen MR) is 77.8 cm³/mol.